The summed E-state index contributed by atoms with van der Waals surface area (Å²) in [6, 6.07) is 2.16. The van der Waals surface area contributed by atoms with E-state index in [2.05, 4.69) is 0 Å². The molecule has 4 heteroatoms. The molecule has 0 atom stereocenters. The zero-order valence-electron chi connectivity index (χ0n) is 9.29. The second-order valence-electron chi connectivity index (χ2n) is 3.71. The molecule has 84 valence electrons. The van der Waals surface area contributed by atoms with Crippen molar-refractivity contribution in [2.24, 2.45) is 0 Å². The zero-order chi connectivity index (χ0) is 11.4. The number of carbonyl (C=O) groups is 1. The molecule has 1 amide bonds. The fourth-order valence-corrected chi connectivity index (χ4v) is 2.47. The van der Waals surface area contributed by atoms with E-state index in [4.69, 9.17) is 11.6 Å². The van der Waals surface area contributed by atoms with E-state index < -0.39 is 0 Å². The van der Waals surface area contributed by atoms with Gasteiger partial charge in [-0.1, -0.05) is 0 Å². The second kappa shape index (κ2) is 5.52. The molecule has 1 aromatic rings. The fraction of sp³-hybridized carbons (Fsp3) is 0.545. The standard InChI is InChI=1S/C11H16ClNOS/c1-8(2)13(6-5-12)11(14)10-9(3)4-7-15-10/h4,7-8H,5-6H2,1-3H3. The number of nitrogens with zero attached hydrogens (tertiary/aromatic N) is 1. The molecule has 1 aromatic heterocycles. The van der Waals surface area contributed by atoms with Gasteiger partial charge in [-0.15, -0.1) is 22.9 Å². The van der Waals surface area contributed by atoms with Crippen LogP contribution in [0.5, 0.6) is 0 Å². The molecule has 0 saturated heterocycles. The monoisotopic (exact) mass is 245 g/mol. The SMILES string of the molecule is Cc1ccsc1C(=O)N(CCCl)C(C)C. The lowest BCUT2D eigenvalue weighted by Gasteiger charge is -2.25. The lowest BCUT2D eigenvalue weighted by molar-refractivity contribution is 0.0722. The smallest absolute Gasteiger partial charge is 0.264 e. The third-order valence-electron chi connectivity index (χ3n) is 2.27. The lowest BCUT2D eigenvalue weighted by atomic mass is 10.2. The Labute approximate surface area is 99.9 Å². The second-order valence-corrected chi connectivity index (χ2v) is 5.01. The number of thiophene rings is 1. The molecule has 1 rings (SSSR count). The number of rotatable bonds is 4. The molecular weight excluding hydrogens is 230 g/mol. The van der Waals surface area contributed by atoms with Crippen LogP contribution in [0.2, 0.25) is 0 Å². The van der Waals surface area contributed by atoms with Crippen molar-refractivity contribution in [3.05, 3.63) is 21.9 Å². The lowest BCUT2D eigenvalue weighted by Crippen LogP contribution is -2.38. The third-order valence-corrected chi connectivity index (χ3v) is 3.44. The van der Waals surface area contributed by atoms with Crippen LogP contribution < -0.4 is 0 Å². The molecule has 0 fully saturated rings. The van der Waals surface area contributed by atoms with Gasteiger partial charge in [-0.3, -0.25) is 4.79 Å². The average Bonchev–Trinajstić information content (AvgIpc) is 2.59. The van der Waals surface area contributed by atoms with Gasteiger partial charge in [0, 0.05) is 18.5 Å². The van der Waals surface area contributed by atoms with Crippen molar-refractivity contribution in [1.82, 2.24) is 4.90 Å². The van der Waals surface area contributed by atoms with Gasteiger partial charge in [-0.05, 0) is 37.8 Å². The molecule has 0 aliphatic heterocycles. The van der Waals surface area contributed by atoms with E-state index in [1.165, 1.54) is 11.3 Å². The molecule has 1 heterocycles. The first-order chi connectivity index (χ1) is 7.07. The summed E-state index contributed by atoms with van der Waals surface area (Å²) in [7, 11) is 0. The van der Waals surface area contributed by atoms with Crippen LogP contribution in [0, 0.1) is 6.92 Å². The van der Waals surface area contributed by atoms with Crippen LogP contribution in [0.1, 0.15) is 29.1 Å². The average molecular weight is 246 g/mol. The Bertz CT molecular complexity index is 335. The van der Waals surface area contributed by atoms with Crippen LogP contribution in [0.4, 0.5) is 0 Å². The molecule has 0 aliphatic carbocycles. The van der Waals surface area contributed by atoms with Crippen molar-refractivity contribution < 1.29 is 4.79 Å². The number of amides is 1. The van der Waals surface area contributed by atoms with Gasteiger partial charge in [-0.2, -0.15) is 0 Å². The molecule has 0 bridgehead atoms. The molecule has 0 aliphatic rings. The highest BCUT2D eigenvalue weighted by Gasteiger charge is 2.20. The Balaban J connectivity index is 2.86. The first-order valence-corrected chi connectivity index (χ1v) is 6.40. The molecule has 0 radical (unpaired) electrons. The van der Waals surface area contributed by atoms with Gasteiger partial charge in [0.1, 0.15) is 0 Å². The predicted molar refractivity (Wildman–Crippen MR) is 65.9 cm³/mol. The summed E-state index contributed by atoms with van der Waals surface area (Å²) in [5, 5.41) is 1.95. The van der Waals surface area contributed by atoms with Gasteiger partial charge in [0.15, 0.2) is 0 Å². The third kappa shape index (κ3) is 2.95. The van der Waals surface area contributed by atoms with Gasteiger partial charge in [0.25, 0.3) is 5.91 Å². The molecule has 0 aromatic carbocycles. The van der Waals surface area contributed by atoms with Gasteiger partial charge in [-0.25, -0.2) is 0 Å². The minimum absolute atomic E-state index is 0.0955. The van der Waals surface area contributed by atoms with E-state index in [0.717, 1.165) is 10.4 Å². The molecule has 0 saturated carbocycles. The summed E-state index contributed by atoms with van der Waals surface area (Å²) >= 11 is 7.19. The minimum atomic E-state index is 0.0955. The Morgan fingerprint density at radius 3 is 2.67 bits per heavy atom. The van der Waals surface area contributed by atoms with E-state index in [1.807, 2.05) is 37.1 Å². The van der Waals surface area contributed by atoms with Crippen LogP contribution in [0.25, 0.3) is 0 Å². The number of halogens is 1. The predicted octanol–water partition coefficient (Wildman–Crippen LogP) is 3.15. The van der Waals surface area contributed by atoms with E-state index in [0.29, 0.717) is 12.4 Å². The summed E-state index contributed by atoms with van der Waals surface area (Å²) in [6.07, 6.45) is 0. The first-order valence-electron chi connectivity index (χ1n) is 4.99. The van der Waals surface area contributed by atoms with Crippen LogP contribution in [-0.2, 0) is 0 Å². The number of hydrogen-bond acceptors (Lipinski definition) is 2. The number of alkyl halides is 1. The quantitative estimate of drug-likeness (QED) is 0.747. The number of carbonyl (C=O) groups excluding carboxylic acids is 1. The Morgan fingerprint density at radius 1 is 1.60 bits per heavy atom. The van der Waals surface area contributed by atoms with Gasteiger partial charge >= 0.3 is 0 Å². The van der Waals surface area contributed by atoms with Crippen LogP contribution in [-0.4, -0.2) is 29.3 Å². The normalized spacial score (nSPS) is 10.7. The van der Waals surface area contributed by atoms with Crippen molar-refractivity contribution in [3.8, 4) is 0 Å². The maximum Gasteiger partial charge on any atom is 0.264 e. The van der Waals surface area contributed by atoms with Crippen LogP contribution >= 0.6 is 22.9 Å². The molecule has 0 N–H and O–H groups in total. The van der Waals surface area contributed by atoms with E-state index in [9.17, 15) is 4.79 Å². The maximum atomic E-state index is 12.1. The zero-order valence-corrected chi connectivity index (χ0v) is 10.9. The van der Waals surface area contributed by atoms with Gasteiger partial charge in [0.05, 0.1) is 4.88 Å². The van der Waals surface area contributed by atoms with Crippen molar-refractivity contribution >= 4 is 28.8 Å². The highest BCUT2D eigenvalue weighted by atomic mass is 35.5. The summed E-state index contributed by atoms with van der Waals surface area (Å²) < 4.78 is 0. The van der Waals surface area contributed by atoms with Crippen LogP contribution in [0.15, 0.2) is 11.4 Å². The molecule has 0 unspecified atom stereocenters. The Hall–Kier alpha value is -0.540. The summed E-state index contributed by atoms with van der Waals surface area (Å²) in [6.45, 7) is 6.58. The Kier molecular flexibility index (Phi) is 4.61. The van der Waals surface area contributed by atoms with E-state index in [1.54, 1.807) is 0 Å². The van der Waals surface area contributed by atoms with E-state index in [-0.39, 0.29) is 11.9 Å². The molecule has 15 heavy (non-hydrogen) atoms. The summed E-state index contributed by atoms with van der Waals surface area (Å²) in [5.41, 5.74) is 1.05. The highest BCUT2D eigenvalue weighted by Crippen LogP contribution is 2.19. The van der Waals surface area contributed by atoms with E-state index >= 15 is 0 Å². The maximum absolute atomic E-state index is 12.1. The van der Waals surface area contributed by atoms with Crippen LogP contribution in [0.3, 0.4) is 0 Å². The van der Waals surface area contributed by atoms with Crippen molar-refractivity contribution in [2.75, 3.05) is 12.4 Å². The minimum Gasteiger partial charge on any atom is -0.334 e. The van der Waals surface area contributed by atoms with Crippen molar-refractivity contribution in [2.45, 2.75) is 26.8 Å². The molecule has 0 spiro atoms. The summed E-state index contributed by atoms with van der Waals surface area (Å²) in [5.74, 6) is 0.576. The largest absolute Gasteiger partial charge is 0.334 e. The molecular formula is C11H16ClNOS. The highest BCUT2D eigenvalue weighted by molar-refractivity contribution is 7.12. The van der Waals surface area contributed by atoms with Crippen molar-refractivity contribution in [1.29, 1.82) is 0 Å². The topological polar surface area (TPSA) is 20.3 Å². The van der Waals surface area contributed by atoms with Gasteiger partial charge in [0.2, 0.25) is 0 Å². The Morgan fingerprint density at radius 2 is 2.27 bits per heavy atom. The first kappa shape index (κ1) is 12.5. The molecule has 2 nitrogen and oxygen atoms in total. The number of aryl methyl sites for hydroxylation is 1. The van der Waals surface area contributed by atoms with Crippen molar-refractivity contribution in [3.63, 3.8) is 0 Å². The van der Waals surface area contributed by atoms with Gasteiger partial charge < -0.3 is 4.90 Å². The fourth-order valence-electron chi connectivity index (χ4n) is 1.41. The number of hydrogen-bond donors (Lipinski definition) is 0. The summed E-state index contributed by atoms with van der Waals surface area (Å²) in [4.78, 5) is 14.8.